The molecule has 0 aliphatic heterocycles. The van der Waals surface area contributed by atoms with Crippen LogP contribution in [0.3, 0.4) is 0 Å². The van der Waals surface area contributed by atoms with Gasteiger partial charge in [-0.2, -0.15) is 0 Å². The summed E-state index contributed by atoms with van der Waals surface area (Å²) in [5.74, 6) is 0.806. The first kappa shape index (κ1) is 17.0. The Morgan fingerprint density at radius 2 is 1.78 bits per heavy atom. The highest BCUT2D eigenvalue weighted by molar-refractivity contribution is 5.95. The predicted molar refractivity (Wildman–Crippen MR) is 108 cm³/mol. The average molecular weight is 356 g/mol. The van der Waals surface area contributed by atoms with Gasteiger partial charge >= 0.3 is 0 Å². The average Bonchev–Trinajstić information content (AvgIpc) is 2.71. The number of nitrogens with zero attached hydrogens (tertiary/aromatic N) is 2. The maximum absolute atomic E-state index is 13.0. The SMILES string of the molecule is COc1ccc(Cn2ccc3c(-c4ncccc4C)cccc3c2=O)cc1. The first-order chi connectivity index (χ1) is 13.2. The highest BCUT2D eigenvalue weighted by Crippen LogP contribution is 2.27. The van der Waals surface area contributed by atoms with E-state index in [9.17, 15) is 4.79 Å². The van der Waals surface area contributed by atoms with Gasteiger partial charge in [-0.3, -0.25) is 9.78 Å². The van der Waals surface area contributed by atoms with E-state index >= 15 is 0 Å². The fourth-order valence-electron chi connectivity index (χ4n) is 3.34. The molecule has 0 aliphatic rings. The van der Waals surface area contributed by atoms with Crippen LogP contribution in [0.1, 0.15) is 11.1 Å². The lowest BCUT2D eigenvalue weighted by atomic mass is 10.0. The van der Waals surface area contributed by atoms with Crippen LogP contribution in [0.25, 0.3) is 22.0 Å². The van der Waals surface area contributed by atoms with Crippen LogP contribution in [0, 0.1) is 6.92 Å². The maximum atomic E-state index is 13.0. The van der Waals surface area contributed by atoms with Gasteiger partial charge in [-0.25, -0.2) is 0 Å². The van der Waals surface area contributed by atoms with Gasteiger partial charge in [-0.05, 0) is 53.8 Å². The molecule has 4 nitrogen and oxygen atoms in total. The fourth-order valence-corrected chi connectivity index (χ4v) is 3.34. The van der Waals surface area contributed by atoms with Crippen molar-refractivity contribution in [3.63, 3.8) is 0 Å². The van der Waals surface area contributed by atoms with Crippen molar-refractivity contribution in [2.24, 2.45) is 0 Å². The number of pyridine rings is 2. The van der Waals surface area contributed by atoms with Crippen LogP contribution in [-0.2, 0) is 6.54 Å². The quantitative estimate of drug-likeness (QED) is 0.543. The Labute approximate surface area is 157 Å². The molecule has 0 radical (unpaired) electrons. The van der Waals surface area contributed by atoms with Gasteiger partial charge in [0.25, 0.3) is 5.56 Å². The number of ether oxygens (including phenoxy) is 1. The number of benzene rings is 2. The van der Waals surface area contributed by atoms with Crippen molar-refractivity contribution in [1.82, 2.24) is 9.55 Å². The van der Waals surface area contributed by atoms with Gasteiger partial charge in [0.2, 0.25) is 0 Å². The van der Waals surface area contributed by atoms with Crippen molar-refractivity contribution in [3.05, 3.63) is 94.5 Å². The molecule has 4 rings (SSSR count). The van der Waals surface area contributed by atoms with E-state index in [2.05, 4.69) is 4.98 Å². The maximum Gasteiger partial charge on any atom is 0.258 e. The molecule has 0 fully saturated rings. The number of hydrogen-bond acceptors (Lipinski definition) is 3. The molecule has 2 aromatic heterocycles. The van der Waals surface area contributed by atoms with Crippen molar-refractivity contribution in [2.45, 2.75) is 13.5 Å². The number of fused-ring (bicyclic) bond motifs is 1. The zero-order chi connectivity index (χ0) is 18.8. The van der Waals surface area contributed by atoms with Gasteiger partial charge in [0.15, 0.2) is 0 Å². The Hall–Kier alpha value is -3.40. The molecule has 0 saturated heterocycles. The summed E-state index contributed by atoms with van der Waals surface area (Å²) >= 11 is 0. The smallest absolute Gasteiger partial charge is 0.258 e. The highest BCUT2D eigenvalue weighted by Gasteiger charge is 2.11. The van der Waals surface area contributed by atoms with E-state index in [0.717, 1.165) is 33.5 Å². The number of hydrogen-bond donors (Lipinski definition) is 0. The van der Waals surface area contributed by atoms with Crippen molar-refractivity contribution in [2.75, 3.05) is 7.11 Å². The molecule has 0 saturated carbocycles. The molecule has 0 spiro atoms. The summed E-state index contributed by atoms with van der Waals surface area (Å²) in [6.07, 6.45) is 3.64. The lowest BCUT2D eigenvalue weighted by Crippen LogP contribution is -2.20. The molecular formula is C23H20N2O2. The first-order valence-corrected chi connectivity index (χ1v) is 8.84. The highest BCUT2D eigenvalue weighted by atomic mass is 16.5. The van der Waals surface area contributed by atoms with Crippen LogP contribution in [0.4, 0.5) is 0 Å². The zero-order valence-corrected chi connectivity index (χ0v) is 15.3. The third-order valence-electron chi connectivity index (χ3n) is 4.80. The molecule has 0 aliphatic carbocycles. The Kier molecular flexibility index (Phi) is 4.47. The molecule has 0 N–H and O–H groups in total. The fraction of sp³-hybridized carbons (Fsp3) is 0.130. The Bertz CT molecular complexity index is 1160. The van der Waals surface area contributed by atoms with Gasteiger partial charge in [-0.1, -0.05) is 30.3 Å². The topological polar surface area (TPSA) is 44.1 Å². The lowest BCUT2D eigenvalue weighted by molar-refractivity contribution is 0.414. The van der Waals surface area contributed by atoms with Crippen molar-refractivity contribution in [1.29, 1.82) is 0 Å². The largest absolute Gasteiger partial charge is 0.497 e. The molecule has 0 atom stereocenters. The number of rotatable bonds is 4. The summed E-state index contributed by atoms with van der Waals surface area (Å²) < 4.78 is 6.93. The molecule has 2 heterocycles. The summed E-state index contributed by atoms with van der Waals surface area (Å²) in [5, 5.41) is 1.63. The summed E-state index contributed by atoms with van der Waals surface area (Å²) in [5.41, 5.74) is 4.04. The minimum Gasteiger partial charge on any atom is -0.497 e. The van der Waals surface area contributed by atoms with Gasteiger partial charge < -0.3 is 9.30 Å². The summed E-state index contributed by atoms with van der Waals surface area (Å²) in [7, 11) is 1.64. The normalized spacial score (nSPS) is 10.9. The Balaban J connectivity index is 1.79. The Morgan fingerprint density at radius 3 is 2.52 bits per heavy atom. The van der Waals surface area contributed by atoms with Gasteiger partial charge in [0.05, 0.1) is 19.3 Å². The van der Waals surface area contributed by atoms with E-state index in [1.165, 1.54) is 0 Å². The van der Waals surface area contributed by atoms with Gasteiger partial charge in [0.1, 0.15) is 5.75 Å². The molecule has 4 heteroatoms. The summed E-state index contributed by atoms with van der Waals surface area (Å²) in [6.45, 7) is 2.55. The van der Waals surface area contributed by atoms with Crippen molar-refractivity contribution < 1.29 is 4.74 Å². The minimum absolute atomic E-state index is 0.00116. The van der Waals surface area contributed by atoms with Crippen LogP contribution in [0.15, 0.2) is 77.9 Å². The molecular weight excluding hydrogens is 336 g/mol. The zero-order valence-electron chi connectivity index (χ0n) is 15.3. The molecule has 4 aromatic rings. The molecule has 2 aromatic carbocycles. The second-order valence-corrected chi connectivity index (χ2v) is 6.53. The van der Waals surface area contributed by atoms with Crippen molar-refractivity contribution in [3.8, 4) is 17.0 Å². The standard InChI is InChI=1S/C23H20N2O2/c1-16-5-4-13-24-22(16)20-6-3-7-21-19(20)12-14-25(23(21)26)15-17-8-10-18(27-2)11-9-17/h3-14H,15H2,1-2H3. The van der Waals surface area contributed by atoms with Crippen LogP contribution in [-0.4, -0.2) is 16.7 Å². The van der Waals surface area contributed by atoms with E-state index in [1.807, 2.05) is 73.8 Å². The molecule has 0 bridgehead atoms. The van der Waals surface area contributed by atoms with Gasteiger partial charge in [0, 0.05) is 23.3 Å². The second-order valence-electron chi connectivity index (χ2n) is 6.53. The molecule has 134 valence electrons. The second kappa shape index (κ2) is 7.08. The Morgan fingerprint density at radius 1 is 0.963 bits per heavy atom. The third-order valence-corrected chi connectivity index (χ3v) is 4.80. The molecule has 0 unspecified atom stereocenters. The number of methoxy groups -OCH3 is 1. The summed E-state index contributed by atoms with van der Waals surface area (Å²) in [6, 6.07) is 19.5. The third kappa shape index (κ3) is 3.22. The van der Waals surface area contributed by atoms with Crippen LogP contribution in [0.5, 0.6) is 5.75 Å². The number of aromatic nitrogens is 2. The van der Waals surface area contributed by atoms with Crippen LogP contribution >= 0.6 is 0 Å². The van der Waals surface area contributed by atoms with E-state index in [1.54, 1.807) is 17.9 Å². The van der Waals surface area contributed by atoms with E-state index in [-0.39, 0.29) is 5.56 Å². The van der Waals surface area contributed by atoms with Crippen LogP contribution in [0.2, 0.25) is 0 Å². The van der Waals surface area contributed by atoms with E-state index in [0.29, 0.717) is 11.9 Å². The van der Waals surface area contributed by atoms with Crippen molar-refractivity contribution >= 4 is 10.8 Å². The predicted octanol–water partition coefficient (Wildman–Crippen LogP) is 4.43. The van der Waals surface area contributed by atoms with Crippen LogP contribution < -0.4 is 10.3 Å². The lowest BCUT2D eigenvalue weighted by Gasteiger charge is -2.11. The minimum atomic E-state index is -0.00116. The van der Waals surface area contributed by atoms with E-state index < -0.39 is 0 Å². The number of aryl methyl sites for hydroxylation is 1. The first-order valence-electron chi connectivity index (χ1n) is 8.84. The monoisotopic (exact) mass is 356 g/mol. The molecule has 27 heavy (non-hydrogen) atoms. The van der Waals surface area contributed by atoms with Gasteiger partial charge in [-0.15, -0.1) is 0 Å². The summed E-state index contributed by atoms with van der Waals surface area (Å²) in [4.78, 5) is 17.6. The molecule has 0 amide bonds. The van der Waals surface area contributed by atoms with E-state index in [4.69, 9.17) is 4.74 Å².